The summed E-state index contributed by atoms with van der Waals surface area (Å²) >= 11 is 0. The molecule has 0 radical (unpaired) electrons. The van der Waals surface area contributed by atoms with Gasteiger partial charge >= 0.3 is 6.01 Å². The van der Waals surface area contributed by atoms with Crippen molar-refractivity contribution in [2.75, 3.05) is 56.7 Å². The molecule has 2 aliphatic heterocycles. The highest BCUT2D eigenvalue weighted by atomic mass is 19.3. The van der Waals surface area contributed by atoms with E-state index in [1.54, 1.807) is 6.20 Å². The number of nitrogens with zero attached hydrogens (tertiary/aromatic N) is 7. The number of nitrogens with two attached hydrogens (primary N) is 2. The van der Waals surface area contributed by atoms with Gasteiger partial charge in [-0.15, -0.1) is 0 Å². The molecule has 49 heavy (non-hydrogen) atoms. The fraction of sp³-hybridized carbons (Fsp3) is 0.500. The number of pyridine rings is 1. The molecular weight excluding hydrogens is 631 g/mol. The van der Waals surface area contributed by atoms with E-state index in [-0.39, 0.29) is 41.1 Å². The number of nitriles is 1. The number of aromatic nitrogens is 3. The van der Waals surface area contributed by atoms with Gasteiger partial charge in [0, 0.05) is 68.0 Å². The zero-order valence-corrected chi connectivity index (χ0v) is 28.2. The van der Waals surface area contributed by atoms with Crippen molar-refractivity contribution >= 4 is 17.3 Å². The van der Waals surface area contributed by atoms with Crippen LogP contribution < -0.4 is 21.1 Å². The van der Waals surface area contributed by atoms with Crippen LogP contribution in [0.5, 0.6) is 6.01 Å². The van der Waals surface area contributed by atoms with Gasteiger partial charge in [-0.25, -0.2) is 9.37 Å². The third kappa shape index (κ3) is 5.84. The number of hydrogen-bond acceptors (Lipinski definition) is 10. The van der Waals surface area contributed by atoms with Crippen LogP contribution in [0.25, 0.3) is 0 Å². The normalized spacial score (nSPS) is 21.9. The van der Waals surface area contributed by atoms with Crippen LogP contribution in [-0.4, -0.2) is 65.1 Å². The van der Waals surface area contributed by atoms with Gasteiger partial charge in [-0.1, -0.05) is 6.07 Å². The lowest BCUT2D eigenvalue weighted by Crippen LogP contribution is -2.51. The van der Waals surface area contributed by atoms with E-state index in [4.69, 9.17) is 26.2 Å². The number of anilines is 3. The fourth-order valence-corrected chi connectivity index (χ4v) is 8.19. The van der Waals surface area contributed by atoms with Gasteiger partial charge in [-0.3, -0.25) is 9.80 Å². The molecule has 2 aliphatic carbocycles. The first kappa shape index (κ1) is 33.1. The van der Waals surface area contributed by atoms with Crippen LogP contribution in [-0.2, 0) is 24.9 Å². The van der Waals surface area contributed by atoms with Crippen LogP contribution in [0, 0.1) is 22.6 Å². The van der Waals surface area contributed by atoms with Crippen molar-refractivity contribution in [3.05, 3.63) is 75.4 Å². The lowest BCUT2D eigenvalue weighted by Gasteiger charge is -2.50. The predicted molar refractivity (Wildman–Crippen MR) is 180 cm³/mol. The second-order valence-electron chi connectivity index (χ2n) is 14.3. The molecule has 0 amide bonds. The van der Waals surface area contributed by atoms with Gasteiger partial charge in [0.1, 0.15) is 23.5 Å². The first-order chi connectivity index (χ1) is 23.4. The fourth-order valence-electron chi connectivity index (χ4n) is 8.19. The molecule has 4 N–H and O–H groups in total. The van der Waals surface area contributed by atoms with Crippen LogP contribution in [0.4, 0.5) is 30.5 Å². The number of likely N-dealkylation sites (tertiary alicyclic amines) is 1. The quantitative estimate of drug-likeness (QED) is 0.296. The molecule has 258 valence electrons. The molecule has 0 bridgehead atoms. The van der Waals surface area contributed by atoms with Crippen molar-refractivity contribution in [2.24, 2.45) is 5.41 Å². The molecule has 2 fully saturated rings. The Morgan fingerprint density at radius 3 is 2.65 bits per heavy atom. The zero-order valence-electron chi connectivity index (χ0n) is 28.2. The zero-order chi connectivity index (χ0) is 34.7. The molecule has 1 saturated carbocycles. The number of rotatable bonds is 8. The van der Waals surface area contributed by atoms with Crippen molar-refractivity contribution in [3.8, 4) is 12.1 Å². The SMILES string of the molecule is C[C@H](c1cccnc1N)N(C)c1nc(OCC2(CN3CCC(=C(F)F)C3)CC2)nc2c1CN(C)[C@@]1(CCCc3c(F)cc(N)c(C#N)c31)C2. The first-order valence-corrected chi connectivity index (χ1v) is 16.9. The topological polar surface area (TPSA) is 133 Å². The molecule has 4 heterocycles. The Balaban J connectivity index is 1.26. The molecule has 2 atom stereocenters. The highest BCUT2D eigenvalue weighted by Crippen LogP contribution is 2.51. The van der Waals surface area contributed by atoms with Crippen molar-refractivity contribution in [2.45, 2.75) is 70.0 Å². The van der Waals surface area contributed by atoms with Gasteiger partial charge in [0.15, 0.2) is 0 Å². The number of nitrogen functional groups attached to an aromatic ring is 2. The average Bonchev–Trinajstić information content (AvgIpc) is 3.68. The third-order valence-corrected chi connectivity index (χ3v) is 11.3. The van der Waals surface area contributed by atoms with E-state index in [1.165, 1.54) is 6.07 Å². The van der Waals surface area contributed by atoms with Gasteiger partial charge in [-0.2, -0.15) is 24.0 Å². The molecule has 13 heteroatoms. The molecular formula is C36H42F3N9O. The van der Waals surface area contributed by atoms with E-state index >= 15 is 4.39 Å². The minimum Gasteiger partial charge on any atom is -0.463 e. The standard InChI is InChI=1S/C36H42F3N9O/c1-21(23-7-5-12-43-32(23)42)47(3)33-26-18-46(2)36(9-4-6-24-27(37)14-28(41)25(16-40)30(24)36)15-29(26)44-34(45-33)49-20-35(10-11-35)19-48-13-8-22(17-48)31(38)39/h5,7,12,14,21H,4,6,8-11,13,15,17-20,41H2,1-3H3,(H2,42,43)/t21-,36+/m1/s1. The van der Waals surface area contributed by atoms with Crippen molar-refractivity contribution in [3.63, 3.8) is 0 Å². The molecule has 3 aromatic rings. The lowest BCUT2D eigenvalue weighted by molar-refractivity contribution is 0.0712. The average molecular weight is 674 g/mol. The molecule has 4 aliphatic rings. The summed E-state index contributed by atoms with van der Waals surface area (Å²) in [6.07, 6.45) is 4.75. The van der Waals surface area contributed by atoms with Gasteiger partial charge in [0.05, 0.1) is 35.1 Å². The molecule has 1 aromatic carbocycles. The molecule has 7 rings (SSSR count). The monoisotopic (exact) mass is 673 g/mol. The summed E-state index contributed by atoms with van der Waals surface area (Å²) < 4.78 is 48.3. The molecule has 1 spiro atoms. The highest BCUT2D eigenvalue weighted by molar-refractivity contribution is 5.65. The van der Waals surface area contributed by atoms with E-state index in [2.05, 4.69) is 25.8 Å². The lowest BCUT2D eigenvalue weighted by atomic mass is 9.68. The van der Waals surface area contributed by atoms with Gasteiger partial charge in [0.25, 0.3) is 6.08 Å². The van der Waals surface area contributed by atoms with Gasteiger partial charge in [0.2, 0.25) is 0 Å². The predicted octanol–water partition coefficient (Wildman–Crippen LogP) is 5.48. The Morgan fingerprint density at radius 1 is 1.16 bits per heavy atom. The van der Waals surface area contributed by atoms with Crippen molar-refractivity contribution in [1.29, 1.82) is 5.26 Å². The Morgan fingerprint density at radius 2 is 1.96 bits per heavy atom. The number of halogens is 3. The Kier molecular flexibility index (Phi) is 8.43. The number of likely N-dealkylation sites (N-methyl/N-ethyl adjacent to an activating group) is 1. The Bertz CT molecular complexity index is 1870. The smallest absolute Gasteiger partial charge is 0.318 e. The minimum absolute atomic E-state index is 0.138. The molecule has 1 saturated heterocycles. The highest BCUT2D eigenvalue weighted by Gasteiger charge is 2.49. The van der Waals surface area contributed by atoms with E-state index < -0.39 is 11.6 Å². The second-order valence-corrected chi connectivity index (χ2v) is 14.3. The summed E-state index contributed by atoms with van der Waals surface area (Å²) in [4.78, 5) is 20.6. The molecule has 2 aromatic heterocycles. The van der Waals surface area contributed by atoms with Crippen molar-refractivity contribution in [1.82, 2.24) is 24.8 Å². The van der Waals surface area contributed by atoms with Gasteiger partial charge < -0.3 is 21.1 Å². The number of ether oxygens (including phenoxy) is 1. The van der Waals surface area contributed by atoms with E-state index in [0.29, 0.717) is 80.3 Å². The Labute approximate surface area is 284 Å². The van der Waals surface area contributed by atoms with E-state index in [1.807, 2.05) is 33.2 Å². The largest absolute Gasteiger partial charge is 0.463 e. The molecule has 10 nitrogen and oxygen atoms in total. The van der Waals surface area contributed by atoms with Crippen LogP contribution in [0.3, 0.4) is 0 Å². The van der Waals surface area contributed by atoms with Crippen LogP contribution >= 0.6 is 0 Å². The third-order valence-electron chi connectivity index (χ3n) is 11.3. The summed E-state index contributed by atoms with van der Waals surface area (Å²) in [6.45, 7) is 4.43. The van der Waals surface area contributed by atoms with E-state index in [0.717, 1.165) is 36.1 Å². The summed E-state index contributed by atoms with van der Waals surface area (Å²) in [6, 6.07) is 7.37. The van der Waals surface area contributed by atoms with Crippen LogP contribution in [0.1, 0.15) is 78.6 Å². The van der Waals surface area contributed by atoms with Crippen LogP contribution in [0.15, 0.2) is 36.0 Å². The number of benzene rings is 1. The minimum atomic E-state index is -1.57. The summed E-state index contributed by atoms with van der Waals surface area (Å²) in [5.41, 5.74) is 16.1. The summed E-state index contributed by atoms with van der Waals surface area (Å²) in [5, 5.41) is 10.2. The van der Waals surface area contributed by atoms with Crippen molar-refractivity contribution < 1.29 is 17.9 Å². The number of hydrogen-bond donors (Lipinski definition) is 2. The number of fused-ring (bicyclic) bond motifs is 3. The van der Waals surface area contributed by atoms with E-state index in [9.17, 15) is 14.0 Å². The van der Waals surface area contributed by atoms with Gasteiger partial charge in [-0.05, 0) is 75.8 Å². The Hall–Kier alpha value is -4.41. The van der Waals surface area contributed by atoms with Crippen LogP contribution in [0.2, 0.25) is 0 Å². The second kappa shape index (κ2) is 12.5. The maximum Gasteiger partial charge on any atom is 0.318 e. The summed E-state index contributed by atoms with van der Waals surface area (Å²) in [5.74, 6) is 0.734. The first-order valence-electron chi connectivity index (χ1n) is 16.9. The maximum absolute atomic E-state index is 15.4. The maximum atomic E-state index is 15.4. The summed E-state index contributed by atoms with van der Waals surface area (Å²) in [7, 11) is 3.96. The molecule has 0 unspecified atom stereocenters.